The first-order chi connectivity index (χ1) is 9.83. The minimum absolute atomic E-state index is 0.509. The summed E-state index contributed by atoms with van der Waals surface area (Å²) in [5, 5.41) is 4.06. The zero-order chi connectivity index (χ0) is 14.2. The molecule has 0 heterocycles. The van der Waals surface area contributed by atoms with Crippen LogP contribution in [0.3, 0.4) is 0 Å². The molecule has 0 N–H and O–H groups in total. The van der Waals surface area contributed by atoms with Gasteiger partial charge < -0.3 is 4.84 Å². The molecule has 2 aromatic carbocycles. The fourth-order valence-electron chi connectivity index (χ4n) is 2.06. The Morgan fingerprint density at radius 2 is 1.60 bits per heavy atom. The molecule has 0 aliphatic carbocycles. The van der Waals surface area contributed by atoms with Gasteiger partial charge >= 0.3 is 0 Å². The molecule has 2 rings (SSSR count). The first-order valence-electron chi connectivity index (χ1n) is 7.14. The molecule has 2 nitrogen and oxygen atoms in total. The third-order valence-electron chi connectivity index (χ3n) is 3.36. The van der Waals surface area contributed by atoms with Gasteiger partial charge in [0.25, 0.3) is 0 Å². The van der Waals surface area contributed by atoms with E-state index in [9.17, 15) is 0 Å². The van der Waals surface area contributed by atoms with Crippen molar-refractivity contribution >= 4 is 6.21 Å². The smallest absolute Gasteiger partial charge is 0.142 e. The summed E-state index contributed by atoms with van der Waals surface area (Å²) in [6.07, 6.45) is 3.85. The number of hydrogen-bond donors (Lipinski definition) is 0. The predicted octanol–water partition coefficient (Wildman–Crippen LogP) is 4.36. The minimum Gasteiger partial charge on any atom is -0.391 e. The van der Waals surface area contributed by atoms with Crippen molar-refractivity contribution in [2.45, 2.75) is 33.3 Å². The van der Waals surface area contributed by atoms with E-state index in [4.69, 9.17) is 4.84 Å². The standard InChI is InChI=1S/C18H21NO/c1-3-15-9-11-16(12-10-15)14-20-19-13-18-8-6-5-7-17(18)4-2/h5-13H,3-4,14H2,1-2H3. The SMILES string of the molecule is CCc1ccc(CON=Cc2ccccc2CC)cc1. The van der Waals surface area contributed by atoms with Crippen LogP contribution in [0.1, 0.15) is 36.1 Å². The molecule has 104 valence electrons. The highest BCUT2D eigenvalue weighted by molar-refractivity contribution is 5.81. The third kappa shape index (κ3) is 3.95. The molecule has 0 aliphatic rings. The Morgan fingerprint density at radius 3 is 2.30 bits per heavy atom. The largest absolute Gasteiger partial charge is 0.391 e. The zero-order valence-electron chi connectivity index (χ0n) is 12.2. The molecule has 0 saturated heterocycles. The van der Waals surface area contributed by atoms with Gasteiger partial charge in [0.05, 0.1) is 6.21 Å². The summed E-state index contributed by atoms with van der Waals surface area (Å²) in [6.45, 7) is 4.80. The Morgan fingerprint density at radius 1 is 0.900 bits per heavy atom. The lowest BCUT2D eigenvalue weighted by Gasteiger charge is -2.03. The molecule has 0 atom stereocenters. The van der Waals surface area contributed by atoms with Crippen molar-refractivity contribution in [2.75, 3.05) is 0 Å². The fourth-order valence-corrected chi connectivity index (χ4v) is 2.06. The van der Waals surface area contributed by atoms with Crippen LogP contribution in [0.4, 0.5) is 0 Å². The van der Waals surface area contributed by atoms with E-state index in [-0.39, 0.29) is 0 Å². The molecule has 0 amide bonds. The molecule has 2 heteroatoms. The first-order valence-corrected chi connectivity index (χ1v) is 7.14. The van der Waals surface area contributed by atoms with E-state index in [1.807, 2.05) is 12.1 Å². The van der Waals surface area contributed by atoms with Crippen LogP contribution in [-0.4, -0.2) is 6.21 Å². The molecule has 2 aromatic rings. The van der Waals surface area contributed by atoms with Crippen LogP contribution in [0.5, 0.6) is 0 Å². The van der Waals surface area contributed by atoms with E-state index < -0.39 is 0 Å². The third-order valence-corrected chi connectivity index (χ3v) is 3.36. The second-order valence-electron chi connectivity index (χ2n) is 4.73. The highest BCUT2D eigenvalue weighted by atomic mass is 16.6. The maximum absolute atomic E-state index is 5.37. The number of benzene rings is 2. The molecule has 0 spiro atoms. The van der Waals surface area contributed by atoms with E-state index in [0.29, 0.717) is 6.61 Å². The molecule has 0 aromatic heterocycles. The highest BCUT2D eigenvalue weighted by Crippen LogP contribution is 2.08. The lowest BCUT2D eigenvalue weighted by atomic mass is 10.1. The van der Waals surface area contributed by atoms with Gasteiger partial charge in [0.15, 0.2) is 0 Å². The zero-order valence-corrected chi connectivity index (χ0v) is 12.2. The Balaban J connectivity index is 1.90. The van der Waals surface area contributed by atoms with Crippen molar-refractivity contribution in [3.05, 3.63) is 70.8 Å². The van der Waals surface area contributed by atoms with E-state index in [1.54, 1.807) is 6.21 Å². The van der Waals surface area contributed by atoms with Crippen LogP contribution in [0, 0.1) is 0 Å². The van der Waals surface area contributed by atoms with Gasteiger partial charge in [-0.2, -0.15) is 0 Å². The van der Waals surface area contributed by atoms with E-state index in [2.05, 4.69) is 55.4 Å². The monoisotopic (exact) mass is 267 g/mol. The summed E-state index contributed by atoms with van der Waals surface area (Å²) < 4.78 is 0. The lowest BCUT2D eigenvalue weighted by molar-refractivity contribution is 0.132. The van der Waals surface area contributed by atoms with Crippen LogP contribution in [0.2, 0.25) is 0 Å². The normalized spacial score (nSPS) is 10.9. The Labute approximate surface area is 121 Å². The second kappa shape index (κ2) is 7.49. The quantitative estimate of drug-likeness (QED) is 0.563. The molecular weight excluding hydrogens is 246 g/mol. The predicted molar refractivity (Wildman–Crippen MR) is 84.0 cm³/mol. The van der Waals surface area contributed by atoms with Crippen LogP contribution in [0.25, 0.3) is 0 Å². The second-order valence-corrected chi connectivity index (χ2v) is 4.73. The summed E-state index contributed by atoms with van der Waals surface area (Å²) in [5.41, 5.74) is 4.89. The van der Waals surface area contributed by atoms with Crippen LogP contribution < -0.4 is 0 Å². The molecule has 0 aliphatic heterocycles. The van der Waals surface area contributed by atoms with Gasteiger partial charge in [0.1, 0.15) is 6.61 Å². The molecule has 0 saturated carbocycles. The average Bonchev–Trinajstić information content (AvgIpc) is 2.52. The summed E-state index contributed by atoms with van der Waals surface area (Å²) in [5.74, 6) is 0. The summed E-state index contributed by atoms with van der Waals surface area (Å²) in [7, 11) is 0. The van der Waals surface area contributed by atoms with E-state index in [0.717, 1.165) is 24.0 Å². The Hall–Kier alpha value is -2.09. The van der Waals surface area contributed by atoms with E-state index in [1.165, 1.54) is 11.1 Å². The Bertz CT molecular complexity index is 558. The number of rotatable bonds is 6. The number of hydrogen-bond acceptors (Lipinski definition) is 2. The van der Waals surface area contributed by atoms with Gasteiger partial charge in [-0.15, -0.1) is 0 Å². The van der Waals surface area contributed by atoms with Crippen molar-refractivity contribution < 1.29 is 4.84 Å². The van der Waals surface area contributed by atoms with Crippen molar-refractivity contribution in [1.29, 1.82) is 0 Å². The van der Waals surface area contributed by atoms with Crippen LogP contribution >= 0.6 is 0 Å². The van der Waals surface area contributed by atoms with Gasteiger partial charge in [0.2, 0.25) is 0 Å². The van der Waals surface area contributed by atoms with Crippen LogP contribution in [0.15, 0.2) is 53.7 Å². The van der Waals surface area contributed by atoms with Crippen molar-refractivity contribution in [3.8, 4) is 0 Å². The summed E-state index contributed by atoms with van der Waals surface area (Å²) >= 11 is 0. The lowest BCUT2D eigenvalue weighted by Crippen LogP contribution is -1.92. The molecule has 0 fully saturated rings. The van der Waals surface area contributed by atoms with Gasteiger partial charge in [-0.25, -0.2) is 0 Å². The topological polar surface area (TPSA) is 21.6 Å². The summed E-state index contributed by atoms with van der Waals surface area (Å²) in [6, 6.07) is 16.7. The highest BCUT2D eigenvalue weighted by Gasteiger charge is 1.96. The molecule has 0 radical (unpaired) electrons. The number of aryl methyl sites for hydroxylation is 2. The van der Waals surface area contributed by atoms with Gasteiger partial charge in [-0.05, 0) is 35.1 Å². The fraction of sp³-hybridized carbons (Fsp3) is 0.278. The maximum atomic E-state index is 5.37. The average molecular weight is 267 g/mol. The molecule has 20 heavy (non-hydrogen) atoms. The van der Waals surface area contributed by atoms with Gasteiger partial charge in [0, 0.05) is 0 Å². The minimum atomic E-state index is 0.509. The summed E-state index contributed by atoms with van der Waals surface area (Å²) in [4.78, 5) is 5.37. The number of oxime groups is 1. The molecule has 0 unspecified atom stereocenters. The molecular formula is C18H21NO. The first kappa shape index (κ1) is 14.3. The Kier molecular flexibility index (Phi) is 5.36. The van der Waals surface area contributed by atoms with Crippen molar-refractivity contribution in [2.24, 2.45) is 5.16 Å². The van der Waals surface area contributed by atoms with Crippen molar-refractivity contribution in [3.63, 3.8) is 0 Å². The number of nitrogens with zero attached hydrogens (tertiary/aromatic N) is 1. The van der Waals surface area contributed by atoms with Gasteiger partial charge in [-0.1, -0.05) is 67.5 Å². The van der Waals surface area contributed by atoms with Gasteiger partial charge in [-0.3, -0.25) is 0 Å². The maximum Gasteiger partial charge on any atom is 0.142 e. The van der Waals surface area contributed by atoms with E-state index >= 15 is 0 Å². The molecule has 0 bridgehead atoms. The van der Waals surface area contributed by atoms with Crippen LogP contribution in [-0.2, 0) is 24.3 Å². The van der Waals surface area contributed by atoms with Crippen molar-refractivity contribution in [1.82, 2.24) is 0 Å².